The Hall–Kier alpha value is -1.57. The molecule has 0 bridgehead atoms. The summed E-state index contributed by atoms with van der Waals surface area (Å²) in [5, 5.41) is 0. The van der Waals surface area contributed by atoms with E-state index in [2.05, 4.69) is 46.4 Å². The lowest BCUT2D eigenvalue weighted by Crippen LogP contribution is -2.04. The van der Waals surface area contributed by atoms with Gasteiger partial charge in [-0.1, -0.05) is 48.8 Å². The molecule has 0 aromatic heterocycles. The summed E-state index contributed by atoms with van der Waals surface area (Å²) in [6, 6.07) is 0. The average molecular weight is 319 g/mol. The van der Waals surface area contributed by atoms with E-state index in [1.807, 2.05) is 13.0 Å². The van der Waals surface area contributed by atoms with Gasteiger partial charge in [0.05, 0.1) is 6.61 Å². The van der Waals surface area contributed by atoms with Crippen molar-refractivity contribution in [2.24, 2.45) is 5.92 Å². The second-order valence-corrected chi connectivity index (χ2v) is 6.34. The van der Waals surface area contributed by atoms with Crippen molar-refractivity contribution >= 4 is 5.97 Å². The molecular weight excluding hydrogens is 284 g/mol. The summed E-state index contributed by atoms with van der Waals surface area (Å²) in [5.74, 6) is 0.136. The number of carbonyl (C=O) groups excluding carboxylic acids is 1. The maximum absolute atomic E-state index is 11.6. The minimum absolute atomic E-state index is 0.227. The van der Waals surface area contributed by atoms with Crippen LogP contribution in [0, 0.1) is 5.92 Å². The largest absolute Gasteiger partial charge is 0.463 e. The molecule has 130 valence electrons. The summed E-state index contributed by atoms with van der Waals surface area (Å²) in [6.45, 7) is 14.6. The van der Waals surface area contributed by atoms with Crippen LogP contribution in [0.1, 0.15) is 66.7 Å². The molecule has 0 aromatic carbocycles. The highest BCUT2D eigenvalue weighted by Gasteiger charge is 2.06. The third kappa shape index (κ3) is 11.6. The van der Waals surface area contributed by atoms with Crippen molar-refractivity contribution in [1.29, 1.82) is 0 Å². The van der Waals surface area contributed by atoms with Crippen LogP contribution in [0.15, 0.2) is 47.6 Å². The van der Waals surface area contributed by atoms with Crippen LogP contribution in [0.25, 0.3) is 0 Å². The van der Waals surface area contributed by atoms with E-state index in [1.165, 1.54) is 11.1 Å². The van der Waals surface area contributed by atoms with E-state index in [4.69, 9.17) is 4.74 Å². The van der Waals surface area contributed by atoms with Crippen molar-refractivity contribution < 1.29 is 9.53 Å². The van der Waals surface area contributed by atoms with E-state index in [9.17, 15) is 4.79 Å². The highest BCUT2D eigenvalue weighted by molar-refractivity contribution is 5.82. The monoisotopic (exact) mass is 318 g/mol. The molecule has 0 radical (unpaired) electrons. The third-order valence-corrected chi connectivity index (χ3v) is 3.62. The Kier molecular flexibility index (Phi) is 12.0. The van der Waals surface area contributed by atoms with Crippen molar-refractivity contribution in [2.75, 3.05) is 6.61 Å². The second-order valence-electron chi connectivity index (χ2n) is 6.34. The number of allylic oxidation sites excluding steroid dienone is 6. The number of rotatable bonds is 11. The van der Waals surface area contributed by atoms with Gasteiger partial charge in [-0.3, -0.25) is 0 Å². The highest BCUT2D eigenvalue weighted by Crippen LogP contribution is 2.19. The summed E-state index contributed by atoms with van der Waals surface area (Å²) in [5.41, 5.74) is 3.95. The van der Waals surface area contributed by atoms with Gasteiger partial charge in [0.25, 0.3) is 0 Å². The number of esters is 1. The summed E-state index contributed by atoms with van der Waals surface area (Å²) in [6.07, 6.45) is 13.2. The topological polar surface area (TPSA) is 26.3 Å². The van der Waals surface area contributed by atoms with Crippen molar-refractivity contribution in [2.45, 2.75) is 66.7 Å². The SMILES string of the molecule is C=CC/C(=C\CC/C(=C/C(=O)OCC)C(C)C)CCC=C(C)C. The van der Waals surface area contributed by atoms with Gasteiger partial charge in [-0.15, -0.1) is 6.58 Å². The first-order chi connectivity index (χ1) is 10.9. The lowest BCUT2D eigenvalue weighted by Gasteiger charge is -2.11. The molecule has 0 saturated carbocycles. The maximum atomic E-state index is 11.6. The van der Waals surface area contributed by atoms with Gasteiger partial charge in [-0.2, -0.15) is 0 Å². The molecule has 0 heterocycles. The van der Waals surface area contributed by atoms with Gasteiger partial charge >= 0.3 is 5.97 Å². The molecule has 0 fully saturated rings. The molecule has 0 atom stereocenters. The third-order valence-electron chi connectivity index (χ3n) is 3.62. The van der Waals surface area contributed by atoms with Gasteiger partial charge in [0.1, 0.15) is 0 Å². The highest BCUT2D eigenvalue weighted by atomic mass is 16.5. The maximum Gasteiger partial charge on any atom is 0.330 e. The molecule has 0 rings (SSSR count). The second kappa shape index (κ2) is 12.9. The van der Waals surface area contributed by atoms with Crippen molar-refractivity contribution in [3.8, 4) is 0 Å². The van der Waals surface area contributed by atoms with Crippen LogP contribution in [0.2, 0.25) is 0 Å². The number of ether oxygens (including phenoxy) is 1. The van der Waals surface area contributed by atoms with Crippen LogP contribution < -0.4 is 0 Å². The van der Waals surface area contributed by atoms with Gasteiger partial charge in [-0.05, 0) is 58.8 Å². The van der Waals surface area contributed by atoms with Crippen LogP contribution in [0.5, 0.6) is 0 Å². The quantitative estimate of drug-likeness (QED) is 0.259. The fourth-order valence-electron chi connectivity index (χ4n) is 2.32. The summed E-state index contributed by atoms with van der Waals surface area (Å²) in [7, 11) is 0. The van der Waals surface area contributed by atoms with E-state index in [0.29, 0.717) is 12.5 Å². The minimum Gasteiger partial charge on any atom is -0.463 e. The number of carbonyl (C=O) groups is 1. The van der Waals surface area contributed by atoms with Crippen LogP contribution in [-0.2, 0) is 9.53 Å². The van der Waals surface area contributed by atoms with E-state index in [1.54, 1.807) is 6.08 Å². The van der Waals surface area contributed by atoms with Gasteiger partial charge in [0.2, 0.25) is 0 Å². The lowest BCUT2D eigenvalue weighted by atomic mass is 9.96. The first kappa shape index (κ1) is 21.4. The molecule has 23 heavy (non-hydrogen) atoms. The molecule has 0 aliphatic rings. The molecule has 2 nitrogen and oxygen atoms in total. The van der Waals surface area contributed by atoms with Gasteiger partial charge in [0, 0.05) is 6.08 Å². The van der Waals surface area contributed by atoms with Crippen molar-refractivity contribution in [3.05, 3.63) is 47.6 Å². The lowest BCUT2D eigenvalue weighted by molar-refractivity contribution is -0.137. The van der Waals surface area contributed by atoms with Crippen molar-refractivity contribution in [1.82, 2.24) is 0 Å². The fourth-order valence-corrected chi connectivity index (χ4v) is 2.32. The van der Waals surface area contributed by atoms with Crippen LogP contribution in [-0.4, -0.2) is 12.6 Å². The van der Waals surface area contributed by atoms with Crippen LogP contribution in [0.3, 0.4) is 0 Å². The summed E-state index contributed by atoms with van der Waals surface area (Å²) < 4.78 is 5.01. The summed E-state index contributed by atoms with van der Waals surface area (Å²) in [4.78, 5) is 11.6. The molecule has 0 saturated heterocycles. The van der Waals surface area contributed by atoms with Gasteiger partial charge in [-0.25, -0.2) is 4.79 Å². The fraction of sp³-hybridized carbons (Fsp3) is 0.571. The Balaban J connectivity index is 4.68. The molecule has 2 heteroatoms. The predicted molar refractivity (Wildman–Crippen MR) is 100 cm³/mol. The molecule has 0 aliphatic heterocycles. The summed E-state index contributed by atoms with van der Waals surface area (Å²) >= 11 is 0. The average Bonchev–Trinajstić information content (AvgIpc) is 2.45. The normalized spacial score (nSPS) is 12.3. The zero-order valence-electron chi connectivity index (χ0n) is 15.7. The van der Waals surface area contributed by atoms with Gasteiger partial charge < -0.3 is 4.74 Å². The zero-order chi connectivity index (χ0) is 17.7. The Morgan fingerprint density at radius 3 is 2.30 bits per heavy atom. The van der Waals surface area contributed by atoms with E-state index < -0.39 is 0 Å². The first-order valence-electron chi connectivity index (χ1n) is 8.70. The van der Waals surface area contributed by atoms with Crippen LogP contribution in [0.4, 0.5) is 0 Å². The Bertz CT molecular complexity index is 446. The molecule has 0 unspecified atom stereocenters. The van der Waals surface area contributed by atoms with Crippen LogP contribution >= 0.6 is 0 Å². The zero-order valence-corrected chi connectivity index (χ0v) is 15.7. The Morgan fingerprint density at radius 1 is 1.13 bits per heavy atom. The van der Waals surface area contributed by atoms with Gasteiger partial charge in [0.15, 0.2) is 0 Å². The molecule has 0 spiro atoms. The minimum atomic E-state index is -0.227. The number of hydrogen-bond donors (Lipinski definition) is 0. The van der Waals surface area contributed by atoms with E-state index >= 15 is 0 Å². The predicted octanol–water partition coefficient (Wildman–Crippen LogP) is 6.16. The molecule has 0 aliphatic carbocycles. The van der Waals surface area contributed by atoms with Crippen molar-refractivity contribution in [3.63, 3.8) is 0 Å². The molecule has 0 amide bonds. The molecule has 0 N–H and O–H groups in total. The van der Waals surface area contributed by atoms with E-state index in [0.717, 1.165) is 37.7 Å². The first-order valence-corrected chi connectivity index (χ1v) is 8.70. The Morgan fingerprint density at radius 2 is 1.78 bits per heavy atom. The smallest absolute Gasteiger partial charge is 0.330 e. The number of hydrogen-bond acceptors (Lipinski definition) is 2. The molecule has 0 aromatic rings. The Labute approximate surface area is 143 Å². The standard InChI is InChI=1S/C21H34O2/c1-7-11-19(13-9-12-17(3)4)14-10-15-20(18(5)6)16-21(22)23-8-2/h7,12,14,16,18H,1,8-11,13,15H2,2-6H3/b19-14+,20-16-. The molecular formula is C21H34O2. The van der Waals surface area contributed by atoms with E-state index in [-0.39, 0.29) is 5.97 Å².